The Morgan fingerprint density at radius 3 is 2.13 bits per heavy atom. The molecule has 0 unspecified atom stereocenters. The molecule has 4 aliphatic carbocycles. The van der Waals surface area contributed by atoms with E-state index in [2.05, 4.69) is 17.6 Å². The van der Waals surface area contributed by atoms with E-state index >= 15 is 0 Å². The molecular weight excluding hydrogens is 380 g/mol. The van der Waals surface area contributed by atoms with Gasteiger partial charge in [-0.1, -0.05) is 19.1 Å². The van der Waals surface area contributed by atoms with Crippen molar-refractivity contribution in [1.82, 2.24) is 5.32 Å². The standard InChI is InChI=1S/C24H32N2O4/c1-2-16-3-5-20(6-4-16)26-22(28)15-30-23(29)14-25-21(27)13-24-10-17-7-18(11-24)9-19(8-17)12-24/h3-6,17-19H,2,7-15H2,1H3,(H,25,27)(H,26,28). The summed E-state index contributed by atoms with van der Waals surface area (Å²) in [6.07, 6.45) is 8.97. The number of hydrogen-bond acceptors (Lipinski definition) is 4. The van der Waals surface area contributed by atoms with Crippen LogP contribution in [0.25, 0.3) is 0 Å². The molecule has 0 heterocycles. The summed E-state index contributed by atoms with van der Waals surface area (Å²) in [7, 11) is 0. The van der Waals surface area contributed by atoms with Crippen molar-refractivity contribution < 1.29 is 19.1 Å². The van der Waals surface area contributed by atoms with E-state index < -0.39 is 11.9 Å². The summed E-state index contributed by atoms with van der Waals surface area (Å²) in [6, 6.07) is 7.54. The van der Waals surface area contributed by atoms with E-state index in [0.29, 0.717) is 12.1 Å². The van der Waals surface area contributed by atoms with Crippen molar-refractivity contribution in [2.45, 2.75) is 58.3 Å². The Labute approximate surface area is 178 Å². The normalized spacial score (nSPS) is 28.8. The molecule has 4 bridgehead atoms. The van der Waals surface area contributed by atoms with Crippen molar-refractivity contribution >= 4 is 23.5 Å². The number of esters is 1. The van der Waals surface area contributed by atoms with E-state index in [1.54, 1.807) is 0 Å². The molecule has 0 aromatic heterocycles. The largest absolute Gasteiger partial charge is 0.454 e. The Balaban J connectivity index is 1.16. The second-order valence-electron chi connectivity index (χ2n) is 9.63. The molecule has 5 rings (SSSR count). The van der Waals surface area contributed by atoms with E-state index in [4.69, 9.17) is 4.74 Å². The fraction of sp³-hybridized carbons (Fsp3) is 0.625. The highest BCUT2D eigenvalue weighted by atomic mass is 16.5. The van der Waals surface area contributed by atoms with Gasteiger partial charge in [-0.05, 0) is 85.8 Å². The van der Waals surface area contributed by atoms with Crippen molar-refractivity contribution in [2.75, 3.05) is 18.5 Å². The number of aryl methyl sites for hydroxylation is 1. The van der Waals surface area contributed by atoms with Gasteiger partial charge in [0.2, 0.25) is 5.91 Å². The number of nitrogens with one attached hydrogen (secondary N) is 2. The predicted octanol–water partition coefficient (Wildman–Crippen LogP) is 3.45. The third kappa shape index (κ3) is 5.02. The molecule has 4 saturated carbocycles. The molecule has 0 radical (unpaired) electrons. The number of hydrogen-bond donors (Lipinski definition) is 2. The van der Waals surface area contributed by atoms with Gasteiger partial charge in [-0.15, -0.1) is 0 Å². The lowest BCUT2D eigenvalue weighted by Crippen LogP contribution is -2.48. The molecule has 0 atom stereocenters. The molecule has 2 amide bonds. The van der Waals surface area contributed by atoms with E-state index in [-0.39, 0.29) is 24.5 Å². The maximum atomic E-state index is 12.5. The third-order valence-electron chi connectivity index (χ3n) is 7.14. The van der Waals surface area contributed by atoms with Crippen LogP contribution >= 0.6 is 0 Å². The average molecular weight is 413 g/mol. The summed E-state index contributed by atoms with van der Waals surface area (Å²) in [6.45, 7) is 1.51. The predicted molar refractivity (Wildman–Crippen MR) is 114 cm³/mol. The smallest absolute Gasteiger partial charge is 0.325 e. The first-order valence-corrected chi connectivity index (χ1v) is 11.2. The Kier molecular flexibility index (Phi) is 6.11. The lowest BCUT2D eigenvalue weighted by molar-refractivity contribution is -0.147. The fourth-order valence-corrected chi connectivity index (χ4v) is 6.30. The Bertz CT molecular complexity index is 767. The number of rotatable bonds is 8. The van der Waals surface area contributed by atoms with Gasteiger partial charge in [-0.3, -0.25) is 14.4 Å². The molecule has 0 saturated heterocycles. The van der Waals surface area contributed by atoms with Crippen LogP contribution in [-0.2, 0) is 25.5 Å². The quantitative estimate of drug-likeness (QED) is 0.641. The molecule has 6 nitrogen and oxygen atoms in total. The van der Waals surface area contributed by atoms with Crippen LogP contribution in [0, 0.1) is 23.2 Å². The molecule has 30 heavy (non-hydrogen) atoms. The lowest BCUT2D eigenvalue weighted by Gasteiger charge is -2.56. The Hall–Kier alpha value is -2.37. The van der Waals surface area contributed by atoms with Crippen LogP contribution in [0.2, 0.25) is 0 Å². The summed E-state index contributed by atoms with van der Waals surface area (Å²) < 4.78 is 5.00. The summed E-state index contributed by atoms with van der Waals surface area (Å²) in [5.74, 6) is 1.33. The van der Waals surface area contributed by atoms with E-state index in [0.717, 1.165) is 43.4 Å². The van der Waals surface area contributed by atoms with Crippen molar-refractivity contribution in [1.29, 1.82) is 0 Å². The molecule has 0 spiro atoms. The van der Waals surface area contributed by atoms with Crippen LogP contribution in [0.4, 0.5) is 5.69 Å². The van der Waals surface area contributed by atoms with Gasteiger partial charge in [0.1, 0.15) is 6.54 Å². The zero-order valence-corrected chi connectivity index (χ0v) is 17.7. The van der Waals surface area contributed by atoms with Crippen molar-refractivity contribution in [2.24, 2.45) is 23.2 Å². The summed E-state index contributed by atoms with van der Waals surface area (Å²) in [5.41, 5.74) is 2.00. The number of anilines is 1. The van der Waals surface area contributed by atoms with Crippen molar-refractivity contribution in [3.63, 3.8) is 0 Å². The number of carbonyl (C=O) groups excluding carboxylic acids is 3. The van der Waals surface area contributed by atoms with Gasteiger partial charge in [0.25, 0.3) is 5.91 Å². The zero-order chi connectivity index (χ0) is 21.1. The average Bonchev–Trinajstić information content (AvgIpc) is 2.70. The van der Waals surface area contributed by atoms with Crippen LogP contribution in [0.5, 0.6) is 0 Å². The monoisotopic (exact) mass is 412 g/mol. The molecule has 4 fully saturated rings. The first kappa shape index (κ1) is 20.9. The highest BCUT2D eigenvalue weighted by molar-refractivity contribution is 5.93. The van der Waals surface area contributed by atoms with Crippen molar-refractivity contribution in [3.8, 4) is 0 Å². The zero-order valence-electron chi connectivity index (χ0n) is 17.7. The summed E-state index contributed by atoms with van der Waals surface area (Å²) in [5, 5.41) is 5.39. The highest BCUT2D eigenvalue weighted by Crippen LogP contribution is 2.61. The van der Waals surface area contributed by atoms with Gasteiger partial charge >= 0.3 is 5.97 Å². The minimum Gasteiger partial charge on any atom is -0.454 e. The van der Waals surface area contributed by atoms with Crippen LogP contribution in [0.1, 0.15) is 57.4 Å². The SMILES string of the molecule is CCc1ccc(NC(=O)COC(=O)CNC(=O)CC23CC4CC(CC(C4)C2)C3)cc1. The summed E-state index contributed by atoms with van der Waals surface area (Å²) in [4.78, 5) is 36.3. The van der Waals surface area contributed by atoms with Gasteiger partial charge in [0.15, 0.2) is 6.61 Å². The van der Waals surface area contributed by atoms with Crippen molar-refractivity contribution in [3.05, 3.63) is 29.8 Å². The van der Waals surface area contributed by atoms with Crippen LogP contribution < -0.4 is 10.6 Å². The van der Waals surface area contributed by atoms with Crippen LogP contribution in [-0.4, -0.2) is 30.9 Å². The number of amides is 2. The molecule has 1 aromatic rings. The number of ether oxygens (including phenoxy) is 1. The number of carbonyl (C=O) groups is 3. The van der Waals surface area contributed by atoms with Gasteiger partial charge in [0.05, 0.1) is 0 Å². The minimum absolute atomic E-state index is 0.0747. The topological polar surface area (TPSA) is 84.5 Å². The molecule has 1 aromatic carbocycles. The Morgan fingerprint density at radius 1 is 0.967 bits per heavy atom. The van der Waals surface area contributed by atoms with Gasteiger partial charge in [0, 0.05) is 12.1 Å². The number of benzene rings is 1. The van der Waals surface area contributed by atoms with Crippen LogP contribution in [0.15, 0.2) is 24.3 Å². The van der Waals surface area contributed by atoms with Gasteiger partial charge < -0.3 is 15.4 Å². The van der Waals surface area contributed by atoms with Crippen LogP contribution in [0.3, 0.4) is 0 Å². The Morgan fingerprint density at radius 2 is 1.57 bits per heavy atom. The van der Waals surface area contributed by atoms with E-state index in [1.165, 1.54) is 24.8 Å². The van der Waals surface area contributed by atoms with Gasteiger partial charge in [-0.2, -0.15) is 0 Å². The molecule has 162 valence electrons. The lowest BCUT2D eigenvalue weighted by atomic mass is 9.49. The minimum atomic E-state index is -0.592. The molecule has 4 aliphatic rings. The summed E-state index contributed by atoms with van der Waals surface area (Å²) >= 11 is 0. The molecule has 6 heteroatoms. The highest BCUT2D eigenvalue weighted by Gasteiger charge is 2.51. The molecule has 0 aliphatic heterocycles. The first-order chi connectivity index (χ1) is 14.4. The van der Waals surface area contributed by atoms with E-state index in [1.807, 2.05) is 24.3 Å². The van der Waals surface area contributed by atoms with E-state index in [9.17, 15) is 14.4 Å². The maximum absolute atomic E-state index is 12.5. The second-order valence-corrected chi connectivity index (χ2v) is 9.63. The second kappa shape index (κ2) is 8.78. The van der Waals surface area contributed by atoms with Gasteiger partial charge in [-0.25, -0.2) is 0 Å². The third-order valence-corrected chi connectivity index (χ3v) is 7.14. The molecular formula is C24H32N2O4. The fourth-order valence-electron chi connectivity index (χ4n) is 6.30. The molecule has 2 N–H and O–H groups in total. The maximum Gasteiger partial charge on any atom is 0.325 e. The first-order valence-electron chi connectivity index (χ1n) is 11.2.